The second-order valence-electron chi connectivity index (χ2n) is 4.29. The van der Waals surface area contributed by atoms with E-state index in [1.807, 2.05) is 17.7 Å². The summed E-state index contributed by atoms with van der Waals surface area (Å²) >= 11 is 0. The molecule has 0 spiro atoms. The van der Waals surface area contributed by atoms with Crippen LogP contribution in [-0.2, 0) is 13.0 Å². The minimum Gasteiger partial charge on any atom is -0.265 e. The summed E-state index contributed by atoms with van der Waals surface area (Å²) in [6, 6.07) is 6.67. The van der Waals surface area contributed by atoms with E-state index in [1.54, 1.807) is 12.1 Å². The van der Waals surface area contributed by atoms with Crippen molar-refractivity contribution in [2.45, 2.75) is 33.7 Å². The van der Waals surface area contributed by atoms with Gasteiger partial charge in [0.2, 0.25) is 0 Å². The van der Waals surface area contributed by atoms with Crippen molar-refractivity contribution < 1.29 is 4.39 Å². The van der Waals surface area contributed by atoms with E-state index in [9.17, 15) is 4.39 Å². The molecule has 2 nitrogen and oxygen atoms in total. The van der Waals surface area contributed by atoms with E-state index in [-0.39, 0.29) is 5.82 Å². The SMILES string of the molecule is CCc1c(C)nn(Cc2cccc(F)c2)c1C. The first-order valence-corrected chi connectivity index (χ1v) is 5.89. The van der Waals surface area contributed by atoms with Gasteiger partial charge in [0.05, 0.1) is 12.2 Å². The highest BCUT2D eigenvalue weighted by Crippen LogP contribution is 2.15. The molecule has 0 N–H and O–H groups in total. The van der Waals surface area contributed by atoms with Gasteiger partial charge in [0.25, 0.3) is 0 Å². The van der Waals surface area contributed by atoms with Crippen LogP contribution in [0, 0.1) is 19.7 Å². The van der Waals surface area contributed by atoms with Crippen molar-refractivity contribution in [3.05, 3.63) is 52.6 Å². The number of benzene rings is 1. The van der Waals surface area contributed by atoms with E-state index < -0.39 is 0 Å². The van der Waals surface area contributed by atoms with Gasteiger partial charge >= 0.3 is 0 Å². The Labute approximate surface area is 101 Å². The first-order valence-electron chi connectivity index (χ1n) is 5.89. The molecule has 1 aromatic heterocycles. The van der Waals surface area contributed by atoms with Gasteiger partial charge in [0, 0.05) is 5.69 Å². The molecule has 0 aliphatic heterocycles. The van der Waals surface area contributed by atoms with Crippen LogP contribution >= 0.6 is 0 Å². The van der Waals surface area contributed by atoms with Gasteiger partial charge in [-0.1, -0.05) is 19.1 Å². The number of nitrogens with zero attached hydrogens (tertiary/aromatic N) is 2. The van der Waals surface area contributed by atoms with E-state index >= 15 is 0 Å². The third-order valence-electron chi connectivity index (χ3n) is 3.11. The fraction of sp³-hybridized carbons (Fsp3) is 0.357. The molecule has 0 aliphatic carbocycles. The van der Waals surface area contributed by atoms with Crippen molar-refractivity contribution in [3.63, 3.8) is 0 Å². The van der Waals surface area contributed by atoms with Crippen LogP contribution in [0.5, 0.6) is 0 Å². The van der Waals surface area contributed by atoms with Crippen molar-refractivity contribution in [1.82, 2.24) is 9.78 Å². The molecule has 0 amide bonds. The second-order valence-corrected chi connectivity index (χ2v) is 4.29. The number of hydrogen-bond donors (Lipinski definition) is 0. The summed E-state index contributed by atoms with van der Waals surface area (Å²) in [6.07, 6.45) is 0.987. The van der Waals surface area contributed by atoms with Crippen LogP contribution in [0.4, 0.5) is 4.39 Å². The summed E-state index contributed by atoms with van der Waals surface area (Å²) in [6.45, 7) is 6.85. The van der Waals surface area contributed by atoms with Crippen molar-refractivity contribution in [2.75, 3.05) is 0 Å². The van der Waals surface area contributed by atoms with Gasteiger partial charge in [-0.05, 0) is 43.5 Å². The molecule has 17 heavy (non-hydrogen) atoms. The highest BCUT2D eigenvalue weighted by atomic mass is 19.1. The molecular weight excluding hydrogens is 215 g/mol. The van der Waals surface area contributed by atoms with E-state index in [4.69, 9.17) is 0 Å². The third-order valence-corrected chi connectivity index (χ3v) is 3.11. The molecule has 3 heteroatoms. The average molecular weight is 232 g/mol. The molecule has 0 fully saturated rings. The first-order chi connectivity index (χ1) is 8.11. The number of halogens is 1. The number of aromatic nitrogens is 2. The van der Waals surface area contributed by atoms with Crippen molar-refractivity contribution in [3.8, 4) is 0 Å². The largest absolute Gasteiger partial charge is 0.265 e. The Hall–Kier alpha value is -1.64. The lowest BCUT2D eigenvalue weighted by Crippen LogP contribution is -2.04. The second kappa shape index (κ2) is 4.70. The molecule has 0 radical (unpaired) electrons. The van der Waals surface area contributed by atoms with E-state index in [2.05, 4.69) is 18.9 Å². The molecule has 2 aromatic rings. The molecule has 0 unspecified atom stereocenters. The van der Waals surface area contributed by atoms with Gasteiger partial charge in [0.1, 0.15) is 5.82 Å². The zero-order valence-corrected chi connectivity index (χ0v) is 10.5. The lowest BCUT2D eigenvalue weighted by atomic mass is 10.1. The molecular formula is C14H17FN2. The topological polar surface area (TPSA) is 17.8 Å². The Morgan fingerprint density at radius 3 is 2.65 bits per heavy atom. The summed E-state index contributed by atoms with van der Waals surface area (Å²) in [5, 5.41) is 4.50. The summed E-state index contributed by atoms with van der Waals surface area (Å²) in [4.78, 5) is 0. The Morgan fingerprint density at radius 1 is 1.29 bits per heavy atom. The summed E-state index contributed by atoms with van der Waals surface area (Å²) in [5.74, 6) is -0.195. The molecule has 2 rings (SSSR count). The minimum atomic E-state index is -0.195. The van der Waals surface area contributed by atoms with Crippen LogP contribution in [0.1, 0.15) is 29.4 Å². The van der Waals surface area contributed by atoms with Crippen LogP contribution in [0.25, 0.3) is 0 Å². The van der Waals surface area contributed by atoms with Gasteiger partial charge in [-0.25, -0.2) is 4.39 Å². The minimum absolute atomic E-state index is 0.195. The van der Waals surface area contributed by atoms with Gasteiger partial charge < -0.3 is 0 Å². The molecule has 0 saturated heterocycles. The smallest absolute Gasteiger partial charge is 0.123 e. The summed E-state index contributed by atoms with van der Waals surface area (Å²) in [7, 11) is 0. The maximum absolute atomic E-state index is 13.1. The predicted molar refractivity (Wildman–Crippen MR) is 66.6 cm³/mol. The van der Waals surface area contributed by atoms with Gasteiger partial charge in [-0.15, -0.1) is 0 Å². The molecule has 0 bridgehead atoms. The Kier molecular flexibility index (Phi) is 3.27. The van der Waals surface area contributed by atoms with Crippen molar-refractivity contribution in [1.29, 1.82) is 0 Å². The molecule has 90 valence electrons. The quantitative estimate of drug-likeness (QED) is 0.794. The van der Waals surface area contributed by atoms with Gasteiger partial charge in [0.15, 0.2) is 0 Å². The number of hydrogen-bond acceptors (Lipinski definition) is 1. The molecule has 0 saturated carbocycles. The average Bonchev–Trinajstić information content (AvgIpc) is 2.54. The lowest BCUT2D eigenvalue weighted by Gasteiger charge is -2.05. The Balaban J connectivity index is 2.30. The lowest BCUT2D eigenvalue weighted by molar-refractivity contribution is 0.615. The van der Waals surface area contributed by atoms with Crippen LogP contribution in [0.15, 0.2) is 24.3 Å². The molecule has 0 aliphatic rings. The number of aryl methyl sites for hydroxylation is 1. The maximum Gasteiger partial charge on any atom is 0.123 e. The van der Waals surface area contributed by atoms with E-state index in [0.717, 1.165) is 17.7 Å². The molecule has 1 aromatic carbocycles. The third kappa shape index (κ3) is 2.38. The zero-order chi connectivity index (χ0) is 12.4. The zero-order valence-electron chi connectivity index (χ0n) is 10.5. The molecule has 1 heterocycles. The molecule has 0 atom stereocenters. The van der Waals surface area contributed by atoms with Crippen molar-refractivity contribution in [2.24, 2.45) is 0 Å². The van der Waals surface area contributed by atoms with Crippen LogP contribution in [-0.4, -0.2) is 9.78 Å². The maximum atomic E-state index is 13.1. The summed E-state index contributed by atoms with van der Waals surface area (Å²) < 4.78 is 15.0. The Bertz CT molecular complexity index is 529. The fourth-order valence-electron chi connectivity index (χ4n) is 2.21. The van der Waals surface area contributed by atoms with Crippen LogP contribution < -0.4 is 0 Å². The first kappa shape index (κ1) is 11.8. The standard InChI is InChI=1S/C14H17FN2/c1-4-14-10(2)16-17(11(14)3)9-12-6-5-7-13(15)8-12/h5-8H,4,9H2,1-3H3. The fourth-order valence-corrected chi connectivity index (χ4v) is 2.21. The van der Waals surface area contributed by atoms with Crippen LogP contribution in [0.3, 0.4) is 0 Å². The Morgan fingerprint density at radius 2 is 2.06 bits per heavy atom. The van der Waals surface area contributed by atoms with E-state index in [0.29, 0.717) is 6.54 Å². The van der Waals surface area contributed by atoms with Gasteiger partial charge in [-0.3, -0.25) is 4.68 Å². The normalized spacial score (nSPS) is 10.8. The monoisotopic (exact) mass is 232 g/mol. The number of rotatable bonds is 3. The highest BCUT2D eigenvalue weighted by Gasteiger charge is 2.09. The summed E-state index contributed by atoms with van der Waals surface area (Å²) in [5.41, 5.74) is 4.48. The predicted octanol–water partition coefficient (Wildman–Crippen LogP) is 3.25. The van der Waals surface area contributed by atoms with Gasteiger partial charge in [-0.2, -0.15) is 5.10 Å². The van der Waals surface area contributed by atoms with Crippen molar-refractivity contribution >= 4 is 0 Å². The van der Waals surface area contributed by atoms with E-state index in [1.165, 1.54) is 17.3 Å². The van der Waals surface area contributed by atoms with Crippen LogP contribution in [0.2, 0.25) is 0 Å². The highest BCUT2D eigenvalue weighted by molar-refractivity contribution is 5.26.